The molecule has 0 saturated heterocycles. The fraction of sp³-hybridized carbons (Fsp3) is 0.586. The summed E-state index contributed by atoms with van der Waals surface area (Å²) in [7, 11) is 1.75. The summed E-state index contributed by atoms with van der Waals surface area (Å²) in [6.45, 7) is 1.58. The van der Waals surface area contributed by atoms with Crippen molar-refractivity contribution in [1.29, 1.82) is 0 Å². The zero-order valence-electron chi connectivity index (χ0n) is 23.7. The fourth-order valence-corrected chi connectivity index (χ4v) is 6.48. The normalized spacial score (nSPS) is 25.9. The van der Waals surface area contributed by atoms with Crippen LogP contribution in [0, 0.1) is 0 Å². The molecule has 1 aromatic carbocycles. The average molecular weight is 591 g/mol. The maximum absolute atomic E-state index is 12.9. The molecule has 1 aromatic rings. The Bertz CT molecular complexity index is 1260. The van der Waals surface area contributed by atoms with Crippen molar-refractivity contribution in [2.24, 2.45) is 5.73 Å². The molecule has 13 heteroatoms. The molecule has 4 rings (SSSR count). The first-order chi connectivity index (χ1) is 20.0. The van der Waals surface area contributed by atoms with Crippen molar-refractivity contribution in [1.82, 2.24) is 5.32 Å². The molecule has 2 aliphatic carbocycles. The number of carboxylic acids is 1. The van der Waals surface area contributed by atoms with Crippen LogP contribution in [0.2, 0.25) is 0 Å². The molecule has 0 radical (unpaired) electrons. The molecule has 230 valence electrons. The highest BCUT2D eigenvalue weighted by Crippen LogP contribution is 2.63. The minimum absolute atomic E-state index is 0.0591. The van der Waals surface area contributed by atoms with Gasteiger partial charge in [-0.2, -0.15) is 0 Å². The van der Waals surface area contributed by atoms with Crippen LogP contribution in [-0.4, -0.2) is 83.2 Å². The van der Waals surface area contributed by atoms with Gasteiger partial charge in [-0.1, -0.05) is 19.4 Å². The number of hydrogen-bond donors (Lipinski definition) is 5. The lowest BCUT2D eigenvalue weighted by atomic mass is 9.52. The van der Waals surface area contributed by atoms with Crippen LogP contribution in [0.4, 0.5) is 0 Å². The van der Waals surface area contributed by atoms with E-state index in [1.165, 1.54) is 12.1 Å². The number of benzene rings is 1. The van der Waals surface area contributed by atoms with Gasteiger partial charge in [-0.05, 0) is 57.0 Å². The van der Waals surface area contributed by atoms with E-state index in [9.17, 15) is 34.5 Å². The number of phenolic OH excluding ortho intramolecular Hbond substituents is 1. The molecule has 5 atom stereocenters. The number of hydrogen-bond acceptors (Lipinski definition) is 12. The third-order valence-electron chi connectivity index (χ3n) is 8.47. The maximum Gasteiger partial charge on any atom is 0.345 e. The molecule has 0 bridgehead atoms. The Morgan fingerprint density at radius 1 is 1.17 bits per heavy atom. The van der Waals surface area contributed by atoms with Crippen LogP contribution in [0.3, 0.4) is 0 Å². The van der Waals surface area contributed by atoms with E-state index in [1.54, 1.807) is 13.1 Å². The number of ether oxygens (including phenoxy) is 4. The van der Waals surface area contributed by atoms with Gasteiger partial charge in [0, 0.05) is 24.4 Å². The van der Waals surface area contributed by atoms with Gasteiger partial charge in [0.2, 0.25) is 6.10 Å². The number of aliphatic carboxylic acids is 1. The van der Waals surface area contributed by atoms with Crippen molar-refractivity contribution in [2.45, 2.75) is 87.6 Å². The first-order valence-corrected chi connectivity index (χ1v) is 14.1. The number of phenols is 1. The van der Waals surface area contributed by atoms with E-state index in [1.807, 2.05) is 6.92 Å². The van der Waals surface area contributed by atoms with Gasteiger partial charge >= 0.3 is 23.9 Å². The van der Waals surface area contributed by atoms with Crippen LogP contribution in [0.1, 0.15) is 63.0 Å². The summed E-state index contributed by atoms with van der Waals surface area (Å²) >= 11 is 0. The molecule has 0 amide bonds. The Kier molecular flexibility index (Phi) is 9.43. The summed E-state index contributed by atoms with van der Waals surface area (Å²) in [5.41, 5.74) is 4.54. The number of carbonyl (C=O) groups is 4. The topological polar surface area (TPSA) is 204 Å². The van der Waals surface area contributed by atoms with Gasteiger partial charge in [0.05, 0.1) is 17.4 Å². The lowest BCUT2D eigenvalue weighted by Gasteiger charge is -2.56. The molecule has 0 saturated carbocycles. The van der Waals surface area contributed by atoms with E-state index in [0.717, 1.165) is 18.4 Å². The molecule has 0 aromatic heterocycles. The van der Waals surface area contributed by atoms with Crippen LogP contribution >= 0.6 is 0 Å². The summed E-state index contributed by atoms with van der Waals surface area (Å²) in [4.78, 5) is 48.6. The molecule has 0 fully saturated rings. The molecule has 42 heavy (non-hydrogen) atoms. The van der Waals surface area contributed by atoms with E-state index in [-0.39, 0.29) is 36.1 Å². The second-order valence-electron chi connectivity index (χ2n) is 10.8. The van der Waals surface area contributed by atoms with Gasteiger partial charge in [0.1, 0.15) is 5.76 Å². The first-order valence-electron chi connectivity index (χ1n) is 14.1. The van der Waals surface area contributed by atoms with E-state index in [4.69, 9.17) is 24.7 Å². The predicted molar refractivity (Wildman–Crippen MR) is 145 cm³/mol. The Morgan fingerprint density at radius 3 is 2.60 bits per heavy atom. The molecule has 13 nitrogen and oxygen atoms in total. The molecular formula is C29H38N2O11. The van der Waals surface area contributed by atoms with Crippen LogP contribution in [0.15, 0.2) is 24.0 Å². The van der Waals surface area contributed by atoms with Crippen molar-refractivity contribution in [3.05, 3.63) is 35.1 Å². The molecule has 0 spiro atoms. The standard InChI is InChI=1S/C29H38N2O11/c1-3-28-24-16-8-9-17(32)25(24)42-26(28)18(10-11-29(28,38)20(13-16)31-2)40-22(34)14-19(27(36)37)41-23(35)15-39-21(33)7-5-4-6-12-30/h8-10,19-20,26,31-32,38H,3-7,11-15,30H2,1-2H3,(H,36,37)/t19-,20+,26-,28-,29+/m0/s1. The van der Waals surface area contributed by atoms with Gasteiger partial charge in [-0.15, -0.1) is 0 Å². The molecule has 3 aliphatic rings. The highest BCUT2D eigenvalue weighted by atomic mass is 16.6. The summed E-state index contributed by atoms with van der Waals surface area (Å²) in [5.74, 6) is -4.21. The van der Waals surface area contributed by atoms with Crippen LogP contribution in [0.25, 0.3) is 0 Å². The number of aliphatic hydroxyl groups is 1. The average Bonchev–Trinajstić information content (AvgIpc) is 3.34. The van der Waals surface area contributed by atoms with Crippen molar-refractivity contribution in [3.8, 4) is 11.5 Å². The number of carbonyl (C=O) groups excluding carboxylic acids is 3. The number of nitrogens with two attached hydrogens (primary N) is 1. The lowest BCUT2D eigenvalue weighted by molar-refractivity contribution is -0.173. The Balaban J connectivity index is 1.44. The highest BCUT2D eigenvalue weighted by Gasteiger charge is 2.69. The van der Waals surface area contributed by atoms with Crippen LogP contribution < -0.4 is 15.8 Å². The van der Waals surface area contributed by atoms with Gasteiger partial charge in [0.25, 0.3) is 0 Å². The number of esters is 3. The van der Waals surface area contributed by atoms with Crippen molar-refractivity contribution in [3.63, 3.8) is 0 Å². The smallest absolute Gasteiger partial charge is 0.345 e. The fourth-order valence-electron chi connectivity index (χ4n) is 6.48. The third kappa shape index (κ3) is 5.55. The maximum atomic E-state index is 12.9. The van der Waals surface area contributed by atoms with E-state index >= 15 is 0 Å². The minimum Gasteiger partial charge on any atom is -0.504 e. The third-order valence-corrected chi connectivity index (χ3v) is 8.47. The SMILES string of the molecule is CC[C@]12c3c4ccc(O)c3O[C@H]1C(OC(=O)C[C@H](OC(=O)COC(=O)CCCCCN)C(=O)O)=CC[C@@]2(O)[C@H](NC)C4. The van der Waals surface area contributed by atoms with Crippen LogP contribution in [-0.2, 0) is 45.2 Å². The quantitative estimate of drug-likeness (QED) is 0.116. The highest BCUT2D eigenvalue weighted by molar-refractivity contribution is 5.84. The van der Waals surface area contributed by atoms with Crippen LogP contribution in [0.5, 0.6) is 11.5 Å². The lowest BCUT2D eigenvalue weighted by Crippen LogP contribution is -2.70. The second-order valence-corrected chi connectivity index (χ2v) is 10.8. The van der Waals surface area contributed by atoms with E-state index in [2.05, 4.69) is 5.32 Å². The minimum atomic E-state index is -1.89. The molecule has 1 heterocycles. The van der Waals surface area contributed by atoms with Crippen molar-refractivity contribution in [2.75, 3.05) is 20.2 Å². The van der Waals surface area contributed by atoms with Gasteiger partial charge < -0.3 is 45.3 Å². The second kappa shape index (κ2) is 12.7. The molecule has 6 N–H and O–H groups in total. The zero-order valence-corrected chi connectivity index (χ0v) is 23.7. The summed E-state index contributed by atoms with van der Waals surface area (Å²) in [5, 5.41) is 35.4. The summed E-state index contributed by atoms with van der Waals surface area (Å²) in [6, 6.07) is 2.94. The van der Waals surface area contributed by atoms with Crippen molar-refractivity contribution < 1.29 is 53.4 Å². The number of nitrogens with one attached hydrogen (secondary N) is 1. The first kappa shape index (κ1) is 31.3. The van der Waals surface area contributed by atoms with Gasteiger partial charge in [-0.3, -0.25) is 9.59 Å². The summed E-state index contributed by atoms with van der Waals surface area (Å²) in [6.07, 6.45) is 0.880. The molecular weight excluding hydrogens is 552 g/mol. The Morgan fingerprint density at radius 2 is 1.93 bits per heavy atom. The van der Waals surface area contributed by atoms with Crippen molar-refractivity contribution >= 4 is 23.9 Å². The monoisotopic (exact) mass is 590 g/mol. The number of likely N-dealkylation sites (N-methyl/N-ethyl adjacent to an activating group) is 1. The van der Waals surface area contributed by atoms with Gasteiger partial charge in [0.15, 0.2) is 24.2 Å². The predicted octanol–water partition coefficient (Wildman–Crippen LogP) is 0.956. The zero-order chi connectivity index (χ0) is 30.7. The number of unbranched alkanes of at least 4 members (excludes halogenated alkanes) is 2. The molecule has 1 aliphatic heterocycles. The summed E-state index contributed by atoms with van der Waals surface area (Å²) < 4.78 is 21.5. The van der Waals surface area contributed by atoms with E-state index < -0.39 is 60.1 Å². The molecule has 0 unspecified atom stereocenters. The number of rotatable bonds is 14. The van der Waals surface area contributed by atoms with Gasteiger partial charge in [-0.25, -0.2) is 9.59 Å². The van der Waals surface area contributed by atoms with E-state index in [0.29, 0.717) is 31.4 Å². The Labute approximate surface area is 242 Å². The Hall–Kier alpha value is -3.68. The largest absolute Gasteiger partial charge is 0.504 e. The number of aromatic hydroxyl groups is 1. The number of carboxylic acid groups (broad SMARTS) is 1.